The number of benzene rings is 2. The molecule has 2 unspecified atom stereocenters. The molecule has 0 radical (unpaired) electrons. The van der Waals surface area contributed by atoms with Gasteiger partial charge in [-0.05, 0) is 55.5 Å². The lowest BCUT2D eigenvalue weighted by Crippen LogP contribution is -2.48. The van der Waals surface area contributed by atoms with Crippen LogP contribution in [0.3, 0.4) is 0 Å². The zero-order chi connectivity index (χ0) is 32.4. The van der Waals surface area contributed by atoms with E-state index in [1.807, 2.05) is 54.3 Å². The molecule has 0 bridgehead atoms. The van der Waals surface area contributed by atoms with Crippen molar-refractivity contribution in [2.24, 2.45) is 0 Å². The van der Waals surface area contributed by atoms with Crippen molar-refractivity contribution in [1.29, 1.82) is 0 Å². The number of rotatable bonds is 14. The summed E-state index contributed by atoms with van der Waals surface area (Å²) in [5.74, 6) is 1.05. The van der Waals surface area contributed by atoms with Gasteiger partial charge in [0.05, 0.1) is 6.61 Å². The molecular formula is C36H51N3O4SSi. The van der Waals surface area contributed by atoms with Crippen molar-refractivity contribution in [3.63, 3.8) is 0 Å². The van der Waals surface area contributed by atoms with Crippen molar-refractivity contribution in [1.82, 2.24) is 9.80 Å². The minimum Gasteiger partial charge on any atom is -0.484 e. The SMILES string of the molecule is CCC(=O)N(c1ccccc1)C1CCN(C(C)c2ccccc2OC(CCN(C)C(=O)OCC[Si](C)(C)C)c2cccs2)CC1. The second kappa shape index (κ2) is 16.4. The number of hydrogen-bond donors (Lipinski definition) is 0. The van der Waals surface area contributed by atoms with E-state index >= 15 is 0 Å². The fourth-order valence-electron chi connectivity index (χ4n) is 5.82. The first-order valence-electron chi connectivity index (χ1n) is 16.4. The molecule has 7 nitrogen and oxygen atoms in total. The zero-order valence-corrected chi connectivity index (χ0v) is 29.7. The maximum Gasteiger partial charge on any atom is 0.409 e. The summed E-state index contributed by atoms with van der Waals surface area (Å²) in [4.78, 5) is 33.0. The van der Waals surface area contributed by atoms with E-state index in [0.29, 0.717) is 26.0 Å². The monoisotopic (exact) mass is 649 g/mol. The summed E-state index contributed by atoms with van der Waals surface area (Å²) >= 11 is 1.68. The van der Waals surface area contributed by atoms with Gasteiger partial charge in [-0.1, -0.05) is 69.0 Å². The number of carbonyl (C=O) groups excluding carboxylic acids is 2. The maximum absolute atomic E-state index is 13.0. The van der Waals surface area contributed by atoms with Crippen LogP contribution in [0, 0.1) is 0 Å². The van der Waals surface area contributed by atoms with Gasteiger partial charge >= 0.3 is 6.09 Å². The van der Waals surface area contributed by atoms with Crippen LogP contribution < -0.4 is 9.64 Å². The third-order valence-corrected chi connectivity index (χ3v) is 11.3. The van der Waals surface area contributed by atoms with Crippen LogP contribution in [-0.4, -0.2) is 69.2 Å². The van der Waals surface area contributed by atoms with Crippen LogP contribution in [0.5, 0.6) is 5.75 Å². The first kappa shape index (κ1) is 34.7. The Morgan fingerprint density at radius 1 is 1.00 bits per heavy atom. The molecule has 1 fully saturated rings. The number of hydrogen-bond acceptors (Lipinski definition) is 6. The predicted molar refractivity (Wildman–Crippen MR) is 188 cm³/mol. The van der Waals surface area contributed by atoms with E-state index in [4.69, 9.17) is 9.47 Å². The van der Waals surface area contributed by atoms with Crippen molar-refractivity contribution < 1.29 is 19.1 Å². The lowest BCUT2D eigenvalue weighted by Gasteiger charge is -2.41. The van der Waals surface area contributed by atoms with Crippen LogP contribution >= 0.6 is 11.3 Å². The minimum absolute atomic E-state index is 0.155. The van der Waals surface area contributed by atoms with E-state index in [1.54, 1.807) is 23.3 Å². The van der Waals surface area contributed by atoms with E-state index < -0.39 is 8.07 Å². The lowest BCUT2D eigenvalue weighted by molar-refractivity contribution is -0.119. The van der Waals surface area contributed by atoms with E-state index in [-0.39, 0.29) is 30.2 Å². The van der Waals surface area contributed by atoms with Gasteiger partial charge in [0.15, 0.2) is 0 Å². The molecule has 2 atom stereocenters. The Morgan fingerprint density at radius 3 is 2.33 bits per heavy atom. The van der Waals surface area contributed by atoms with Crippen LogP contribution in [0.1, 0.15) is 62.1 Å². The molecule has 2 amide bonds. The second-order valence-corrected chi connectivity index (χ2v) is 19.8. The number of ether oxygens (including phenoxy) is 2. The van der Waals surface area contributed by atoms with Gasteiger partial charge in [-0.3, -0.25) is 9.69 Å². The van der Waals surface area contributed by atoms with Crippen LogP contribution in [0.15, 0.2) is 72.1 Å². The normalized spacial score (nSPS) is 15.7. The molecule has 4 rings (SSSR count). The number of carbonyl (C=O) groups is 2. The average molecular weight is 650 g/mol. The Labute approximate surface area is 275 Å². The molecule has 2 aromatic carbocycles. The lowest BCUT2D eigenvalue weighted by atomic mass is 9.97. The Bertz CT molecular complexity index is 1340. The molecule has 1 saturated heterocycles. The summed E-state index contributed by atoms with van der Waals surface area (Å²) < 4.78 is 12.3. The largest absolute Gasteiger partial charge is 0.484 e. The number of thiophene rings is 1. The van der Waals surface area contributed by atoms with Crippen molar-refractivity contribution in [2.45, 2.75) is 83.4 Å². The average Bonchev–Trinajstić information content (AvgIpc) is 3.58. The van der Waals surface area contributed by atoms with Crippen LogP contribution in [0.4, 0.5) is 10.5 Å². The molecule has 0 N–H and O–H groups in total. The molecule has 244 valence electrons. The quantitative estimate of drug-likeness (QED) is 0.164. The molecule has 2 heterocycles. The van der Waals surface area contributed by atoms with E-state index in [9.17, 15) is 9.59 Å². The molecule has 3 aromatic rings. The number of para-hydroxylation sites is 2. The number of amides is 2. The van der Waals surface area contributed by atoms with Gasteiger partial charge in [-0.25, -0.2) is 4.79 Å². The van der Waals surface area contributed by atoms with Gasteiger partial charge in [0.1, 0.15) is 11.9 Å². The van der Waals surface area contributed by atoms with Crippen LogP contribution in [0.25, 0.3) is 0 Å². The molecular weight excluding hydrogens is 599 g/mol. The number of anilines is 1. The first-order chi connectivity index (χ1) is 21.6. The third-order valence-electron chi connectivity index (χ3n) is 8.63. The Kier molecular flexibility index (Phi) is 12.7. The minimum atomic E-state index is -1.26. The Morgan fingerprint density at radius 2 is 1.69 bits per heavy atom. The first-order valence-corrected chi connectivity index (χ1v) is 20.9. The second-order valence-electron chi connectivity index (χ2n) is 13.2. The van der Waals surface area contributed by atoms with Crippen molar-refractivity contribution in [2.75, 3.05) is 38.2 Å². The number of piperidine rings is 1. The highest BCUT2D eigenvalue weighted by atomic mass is 32.1. The molecule has 1 aromatic heterocycles. The third kappa shape index (κ3) is 9.92. The predicted octanol–water partition coefficient (Wildman–Crippen LogP) is 8.63. The summed E-state index contributed by atoms with van der Waals surface area (Å²) in [6.07, 6.45) is 2.55. The van der Waals surface area contributed by atoms with Crippen molar-refractivity contribution in [3.8, 4) is 5.75 Å². The fourth-order valence-corrected chi connectivity index (χ4v) is 7.33. The van der Waals surface area contributed by atoms with Gasteiger partial charge in [0.2, 0.25) is 5.91 Å². The van der Waals surface area contributed by atoms with Gasteiger partial charge < -0.3 is 19.3 Å². The molecule has 0 aliphatic carbocycles. The summed E-state index contributed by atoms with van der Waals surface area (Å²) in [5.41, 5.74) is 2.14. The highest BCUT2D eigenvalue weighted by Crippen LogP contribution is 2.36. The highest BCUT2D eigenvalue weighted by Gasteiger charge is 2.31. The summed E-state index contributed by atoms with van der Waals surface area (Å²) in [7, 11) is 0.536. The van der Waals surface area contributed by atoms with Crippen molar-refractivity contribution in [3.05, 3.63) is 82.6 Å². The topological polar surface area (TPSA) is 62.3 Å². The highest BCUT2D eigenvalue weighted by molar-refractivity contribution is 7.10. The zero-order valence-electron chi connectivity index (χ0n) is 27.9. The molecule has 1 aliphatic rings. The van der Waals surface area contributed by atoms with Crippen LogP contribution in [0.2, 0.25) is 25.7 Å². The smallest absolute Gasteiger partial charge is 0.409 e. The van der Waals surface area contributed by atoms with Gasteiger partial charge in [-0.2, -0.15) is 0 Å². The molecule has 0 spiro atoms. The molecule has 0 saturated carbocycles. The van der Waals surface area contributed by atoms with E-state index in [2.05, 4.69) is 61.1 Å². The standard InChI is InChI=1S/C36H51N3O4SSi/c1-7-35(40)39(29-14-9-8-10-15-29)30-19-23-38(24-20-30)28(2)31-16-11-12-17-32(31)43-33(34-18-13-26-44-34)21-22-37(3)36(41)42-25-27-45(4,5)6/h8-18,26,28,30,33H,7,19-25,27H2,1-6H3. The van der Waals surface area contributed by atoms with Gasteiger partial charge in [0, 0.05) is 75.8 Å². The number of likely N-dealkylation sites (tertiary alicyclic amines) is 1. The summed E-state index contributed by atoms with van der Waals surface area (Å²) in [5, 5.41) is 2.07. The van der Waals surface area contributed by atoms with Gasteiger partial charge in [-0.15, -0.1) is 11.3 Å². The fraction of sp³-hybridized carbons (Fsp3) is 0.500. The number of nitrogens with zero attached hydrogens (tertiary/aromatic N) is 3. The summed E-state index contributed by atoms with van der Waals surface area (Å²) in [6, 6.07) is 23.9. The van der Waals surface area contributed by atoms with E-state index in [0.717, 1.165) is 53.9 Å². The Hall–Kier alpha value is -3.14. The van der Waals surface area contributed by atoms with Crippen LogP contribution in [-0.2, 0) is 9.53 Å². The molecule has 1 aliphatic heterocycles. The maximum atomic E-state index is 13.0. The Balaban J connectivity index is 1.40. The molecule has 9 heteroatoms. The van der Waals surface area contributed by atoms with Gasteiger partial charge in [0.25, 0.3) is 0 Å². The molecule has 45 heavy (non-hydrogen) atoms. The van der Waals surface area contributed by atoms with Crippen molar-refractivity contribution >= 4 is 37.1 Å². The van der Waals surface area contributed by atoms with E-state index in [1.165, 1.54) is 0 Å². The summed E-state index contributed by atoms with van der Waals surface area (Å²) in [6.45, 7) is 13.8.